The molecule has 2 rings (SSSR count). The van der Waals surface area contributed by atoms with Crippen molar-refractivity contribution in [1.82, 2.24) is 0 Å². The largest absolute Gasteiger partial charge is 0.285 e. The van der Waals surface area contributed by atoms with Gasteiger partial charge in [-0.25, -0.2) is 0 Å². The van der Waals surface area contributed by atoms with Crippen LogP contribution in [0.25, 0.3) is 0 Å². The van der Waals surface area contributed by atoms with Crippen molar-refractivity contribution in [3.05, 3.63) is 35.4 Å². The average Bonchev–Trinajstić information content (AvgIpc) is 2.33. The second-order valence-corrected chi connectivity index (χ2v) is 8.84. The Morgan fingerprint density at radius 1 is 1.05 bits per heavy atom. The van der Waals surface area contributed by atoms with Gasteiger partial charge in [0.05, 0.1) is 0 Å². The van der Waals surface area contributed by atoms with Crippen molar-refractivity contribution >= 4 is 20.2 Å². The molecule has 2 N–H and O–H groups in total. The Kier molecular flexibility index (Phi) is 4.18. The van der Waals surface area contributed by atoms with E-state index in [1.54, 1.807) is 32.0 Å². The maximum atomic E-state index is 11.8. The van der Waals surface area contributed by atoms with Crippen molar-refractivity contribution in [2.75, 3.05) is 0 Å². The summed E-state index contributed by atoms with van der Waals surface area (Å²) in [6.07, 6.45) is 0.338. The SMILES string of the molecule is CC(C)C1Cc2ccccc2C(S(=O)(=O)O)C1S(=O)(=O)O. The van der Waals surface area contributed by atoms with Gasteiger partial charge in [0.25, 0.3) is 20.2 Å². The van der Waals surface area contributed by atoms with E-state index in [2.05, 4.69) is 0 Å². The van der Waals surface area contributed by atoms with E-state index in [0.717, 1.165) is 0 Å². The van der Waals surface area contributed by atoms with Gasteiger partial charge in [0, 0.05) is 0 Å². The minimum atomic E-state index is -4.68. The molecule has 0 fully saturated rings. The Balaban J connectivity index is 2.75. The second kappa shape index (κ2) is 5.35. The highest BCUT2D eigenvalue weighted by Crippen LogP contribution is 2.43. The third-order valence-electron chi connectivity index (χ3n) is 4.06. The van der Waals surface area contributed by atoms with Crippen LogP contribution in [0.1, 0.15) is 30.2 Å². The van der Waals surface area contributed by atoms with Crippen molar-refractivity contribution in [3.63, 3.8) is 0 Å². The summed E-state index contributed by atoms with van der Waals surface area (Å²) in [5, 5.41) is -3.23. The van der Waals surface area contributed by atoms with Crippen LogP contribution in [0.15, 0.2) is 24.3 Å². The molecule has 21 heavy (non-hydrogen) atoms. The van der Waals surface area contributed by atoms with Gasteiger partial charge in [-0.2, -0.15) is 16.8 Å². The first kappa shape index (κ1) is 16.4. The van der Waals surface area contributed by atoms with Crippen LogP contribution in [-0.4, -0.2) is 31.2 Å². The molecule has 118 valence electrons. The van der Waals surface area contributed by atoms with Gasteiger partial charge in [-0.3, -0.25) is 9.11 Å². The Labute approximate surface area is 124 Å². The van der Waals surface area contributed by atoms with Gasteiger partial charge >= 0.3 is 0 Å². The van der Waals surface area contributed by atoms with Crippen molar-refractivity contribution in [1.29, 1.82) is 0 Å². The van der Waals surface area contributed by atoms with E-state index in [4.69, 9.17) is 0 Å². The van der Waals surface area contributed by atoms with Crippen molar-refractivity contribution in [2.45, 2.75) is 30.8 Å². The summed E-state index contributed by atoms with van der Waals surface area (Å²) in [7, 11) is -9.31. The molecule has 0 amide bonds. The second-order valence-electron chi connectivity index (χ2n) is 5.73. The third-order valence-corrected chi connectivity index (χ3v) is 6.73. The molecule has 0 saturated carbocycles. The fraction of sp³-hybridized carbons (Fsp3) is 0.538. The molecule has 3 atom stereocenters. The summed E-state index contributed by atoms with van der Waals surface area (Å²) >= 11 is 0. The molecule has 0 aromatic heterocycles. The zero-order chi connectivity index (χ0) is 16.0. The molecular formula is C13H18O6S2. The van der Waals surface area contributed by atoms with Crippen LogP contribution in [0.4, 0.5) is 0 Å². The van der Waals surface area contributed by atoms with Crippen LogP contribution in [0.2, 0.25) is 0 Å². The van der Waals surface area contributed by atoms with Gasteiger partial charge in [0.1, 0.15) is 10.5 Å². The summed E-state index contributed by atoms with van der Waals surface area (Å²) in [5.74, 6) is -0.767. The van der Waals surface area contributed by atoms with Gasteiger partial charge in [-0.1, -0.05) is 38.1 Å². The Morgan fingerprint density at radius 3 is 2.10 bits per heavy atom. The molecule has 0 bridgehead atoms. The monoisotopic (exact) mass is 334 g/mol. The van der Waals surface area contributed by atoms with Crippen molar-refractivity contribution in [3.8, 4) is 0 Å². The minimum absolute atomic E-state index is 0.172. The summed E-state index contributed by atoms with van der Waals surface area (Å²) in [6.45, 7) is 3.52. The molecule has 0 aliphatic heterocycles. The first-order valence-corrected chi connectivity index (χ1v) is 9.54. The van der Waals surface area contributed by atoms with E-state index >= 15 is 0 Å². The van der Waals surface area contributed by atoms with Crippen LogP contribution in [0.5, 0.6) is 0 Å². The predicted molar refractivity (Wildman–Crippen MR) is 78.1 cm³/mol. The highest BCUT2D eigenvalue weighted by molar-refractivity contribution is 7.90. The number of hydrogen-bond acceptors (Lipinski definition) is 4. The molecule has 0 saturated heterocycles. The highest BCUT2D eigenvalue weighted by atomic mass is 32.2. The molecule has 0 heterocycles. The Hall–Kier alpha value is -0.960. The van der Waals surface area contributed by atoms with Crippen molar-refractivity contribution < 1.29 is 25.9 Å². The maximum Gasteiger partial charge on any atom is 0.273 e. The van der Waals surface area contributed by atoms with E-state index in [1.165, 1.54) is 6.07 Å². The molecule has 3 unspecified atom stereocenters. The fourth-order valence-corrected chi connectivity index (χ4v) is 6.34. The minimum Gasteiger partial charge on any atom is -0.285 e. The van der Waals surface area contributed by atoms with E-state index in [-0.39, 0.29) is 11.5 Å². The number of fused-ring (bicyclic) bond motifs is 1. The summed E-state index contributed by atoms with van der Waals surface area (Å²) in [5.41, 5.74) is 0.915. The topological polar surface area (TPSA) is 109 Å². The van der Waals surface area contributed by atoms with E-state index in [0.29, 0.717) is 12.0 Å². The quantitative estimate of drug-likeness (QED) is 0.814. The molecule has 8 heteroatoms. The number of rotatable bonds is 3. The van der Waals surface area contributed by atoms with E-state index in [1.807, 2.05) is 0 Å². The van der Waals surface area contributed by atoms with Gasteiger partial charge in [-0.15, -0.1) is 0 Å². The third kappa shape index (κ3) is 3.13. The van der Waals surface area contributed by atoms with Crippen molar-refractivity contribution in [2.24, 2.45) is 11.8 Å². The first-order chi connectivity index (χ1) is 9.53. The zero-order valence-corrected chi connectivity index (χ0v) is 13.3. The predicted octanol–water partition coefficient (Wildman–Crippen LogP) is 1.70. The van der Waals surface area contributed by atoms with Gasteiger partial charge < -0.3 is 0 Å². The molecule has 6 nitrogen and oxygen atoms in total. The lowest BCUT2D eigenvalue weighted by molar-refractivity contribution is 0.311. The zero-order valence-electron chi connectivity index (χ0n) is 11.7. The lowest BCUT2D eigenvalue weighted by Gasteiger charge is -2.38. The molecule has 1 aliphatic rings. The van der Waals surface area contributed by atoms with Crippen LogP contribution in [0, 0.1) is 11.8 Å². The molecule has 1 aromatic rings. The molecule has 0 spiro atoms. The van der Waals surface area contributed by atoms with Gasteiger partial charge in [0.2, 0.25) is 0 Å². The molecule has 0 radical (unpaired) electrons. The Morgan fingerprint density at radius 2 is 1.62 bits per heavy atom. The molecular weight excluding hydrogens is 316 g/mol. The highest BCUT2D eigenvalue weighted by Gasteiger charge is 2.50. The average molecular weight is 334 g/mol. The maximum absolute atomic E-state index is 11.8. The van der Waals surface area contributed by atoms with E-state index in [9.17, 15) is 25.9 Å². The first-order valence-electron chi connectivity index (χ1n) is 6.54. The summed E-state index contributed by atoms with van der Waals surface area (Å²) in [6, 6.07) is 6.49. The van der Waals surface area contributed by atoms with Crippen LogP contribution in [-0.2, 0) is 26.7 Å². The van der Waals surface area contributed by atoms with E-state index < -0.39 is 36.7 Å². The summed E-state index contributed by atoms with van der Waals surface area (Å²) in [4.78, 5) is 0. The fourth-order valence-electron chi connectivity index (χ4n) is 3.09. The lowest BCUT2D eigenvalue weighted by Crippen LogP contribution is -2.45. The van der Waals surface area contributed by atoms with Crippen LogP contribution < -0.4 is 0 Å². The van der Waals surface area contributed by atoms with Gasteiger partial charge in [0.15, 0.2) is 0 Å². The molecule has 1 aromatic carbocycles. The number of hydrogen-bond donors (Lipinski definition) is 2. The Bertz CT molecular complexity index is 736. The van der Waals surface area contributed by atoms with Gasteiger partial charge in [-0.05, 0) is 29.4 Å². The lowest BCUT2D eigenvalue weighted by atomic mass is 9.77. The standard InChI is InChI=1S/C13H18O6S2/c1-8(2)11-7-9-5-3-4-6-10(9)12(20(14,15)16)13(11)21(17,18)19/h3-6,8,11-13H,7H2,1-2H3,(H,14,15,16)(H,17,18,19). The van der Waals surface area contributed by atoms with Crippen LogP contribution >= 0.6 is 0 Å². The molecule has 1 aliphatic carbocycles. The van der Waals surface area contributed by atoms with Crippen LogP contribution in [0.3, 0.4) is 0 Å². The smallest absolute Gasteiger partial charge is 0.273 e. The normalized spacial score (nSPS) is 26.6. The number of benzene rings is 1. The summed E-state index contributed by atoms with van der Waals surface area (Å²) < 4.78 is 66.0.